The van der Waals surface area contributed by atoms with Gasteiger partial charge in [-0.25, -0.2) is 0 Å². The van der Waals surface area contributed by atoms with E-state index in [1.54, 1.807) is 0 Å². The summed E-state index contributed by atoms with van der Waals surface area (Å²) in [5.41, 5.74) is 18.9. The van der Waals surface area contributed by atoms with E-state index >= 15 is 0 Å². The van der Waals surface area contributed by atoms with Gasteiger partial charge in [-0.3, -0.25) is 0 Å². The van der Waals surface area contributed by atoms with E-state index in [0.29, 0.717) is 5.92 Å². The summed E-state index contributed by atoms with van der Waals surface area (Å²) in [5, 5.41) is 0. The highest BCUT2D eigenvalue weighted by Crippen LogP contribution is 2.49. The minimum atomic E-state index is 0.265. The molecule has 1 fully saturated rings. The van der Waals surface area contributed by atoms with Gasteiger partial charge in [0.05, 0.1) is 18.0 Å². The van der Waals surface area contributed by atoms with Crippen LogP contribution in [0.5, 0.6) is 11.5 Å². The minimum absolute atomic E-state index is 0.265. The van der Waals surface area contributed by atoms with Crippen molar-refractivity contribution in [2.24, 2.45) is 11.8 Å². The van der Waals surface area contributed by atoms with E-state index < -0.39 is 0 Å². The molecule has 0 bridgehead atoms. The maximum atomic E-state index is 6.20. The molecule has 142 valence electrons. The number of nitrogen functional groups attached to an aromatic ring is 2. The van der Waals surface area contributed by atoms with Crippen LogP contribution in [-0.2, 0) is 19.3 Å². The lowest BCUT2D eigenvalue weighted by molar-refractivity contribution is 0.211. The molecular weight excluding hydrogens is 404 g/mol. The van der Waals surface area contributed by atoms with Gasteiger partial charge in [-0.1, -0.05) is 22.0 Å². The van der Waals surface area contributed by atoms with Gasteiger partial charge in [0.2, 0.25) is 0 Å². The molecule has 2 unspecified atom stereocenters. The van der Waals surface area contributed by atoms with E-state index in [-0.39, 0.29) is 6.10 Å². The average Bonchev–Trinajstić information content (AvgIpc) is 3.01. The second-order valence-electron chi connectivity index (χ2n) is 8.33. The molecule has 0 saturated heterocycles. The predicted octanol–water partition coefficient (Wildman–Crippen LogP) is 4.43. The lowest BCUT2D eigenvalue weighted by Gasteiger charge is -2.13. The molecule has 3 atom stereocenters. The fourth-order valence-corrected chi connectivity index (χ4v) is 5.46. The molecule has 1 aliphatic carbocycles. The quantitative estimate of drug-likeness (QED) is 0.706. The highest BCUT2D eigenvalue weighted by Gasteiger charge is 2.41. The molecule has 5 rings (SSSR count). The molecular formula is C22H25BrN2O2. The first-order valence-electron chi connectivity index (χ1n) is 9.77. The number of ether oxygens (including phenoxy) is 2. The van der Waals surface area contributed by atoms with Gasteiger partial charge in [-0.2, -0.15) is 0 Å². The summed E-state index contributed by atoms with van der Waals surface area (Å²) in [5.74, 6) is 3.23. The van der Waals surface area contributed by atoms with Crippen LogP contribution >= 0.6 is 15.9 Å². The molecule has 1 saturated carbocycles. The number of fused-ring (bicyclic) bond motifs is 2. The molecule has 0 aromatic heterocycles. The van der Waals surface area contributed by atoms with E-state index in [4.69, 9.17) is 20.9 Å². The third-order valence-electron chi connectivity index (χ3n) is 6.20. The number of aryl methyl sites for hydroxylation is 1. The molecule has 5 heteroatoms. The molecule has 4 N–H and O–H groups in total. The van der Waals surface area contributed by atoms with Crippen molar-refractivity contribution in [1.82, 2.24) is 0 Å². The van der Waals surface area contributed by atoms with Crippen LogP contribution < -0.4 is 20.9 Å². The zero-order chi connectivity index (χ0) is 18.7. The van der Waals surface area contributed by atoms with E-state index in [1.807, 2.05) is 6.07 Å². The third kappa shape index (κ3) is 3.06. The number of hydrogen-bond donors (Lipinski definition) is 2. The Balaban J connectivity index is 1.23. The van der Waals surface area contributed by atoms with Gasteiger partial charge in [0.25, 0.3) is 0 Å². The molecule has 2 aromatic carbocycles. The molecule has 0 amide bonds. The van der Waals surface area contributed by atoms with Crippen molar-refractivity contribution >= 4 is 27.3 Å². The van der Waals surface area contributed by atoms with Crippen LogP contribution in [0.15, 0.2) is 22.7 Å². The molecule has 0 radical (unpaired) electrons. The number of benzene rings is 2. The summed E-state index contributed by atoms with van der Waals surface area (Å²) in [6.07, 6.45) is 5.64. The maximum Gasteiger partial charge on any atom is 0.146 e. The Hall–Kier alpha value is -1.88. The Morgan fingerprint density at radius 3 is 2.78 bits per heavy atom. The molecule has 0 spiro atoms. The molecule has 2 aromatic rings. The highest BCUT2D eigenvalue weighted by molar-refractivity contribution is 9.10. The molecule has 2 heterocycles. The lowest BCUT2D eigenvalue weighted by atomic mass is 9.99. The minimum Gasteiger partial charge on any atom is -0.491 e. The fourth-order valence-electron chi connectivity index (χ4n) is 4.81. The second kappa shape index (κ2) is 6.33. The van der Waals surface area contributed by atoms with Crippen LogP contribution in [0.3, 0.4) is 0 Å². The highest BCUT2D eigenvalue weighted by atomic mass is 79.9. The Bertz CT molecular complexity index is 927. The Kier molecular flexibility index (Phi) is 4.04. The van der Waals surface area contributed by atoms with Gasteiger partial charge in [-0.05, 0) is 61.3 Å². The monoisotopic (exact) mass is 428 g/mol. The number of halogens is 1. The van der Waals surface area contributed by atoms with Crippen molar-refractivity contribution in [3.63, 3.8) is 0 Å². The summed E-state index contributed by atoms with van der Waals surface area (Å²) in [4.78, 5) is 0. The van der Waals surface area contributed by atoms with Gasteiger partial charge < -0.3 is 20.9 Å². The first kappa shape index (κ1) is 17.2. The van der Waals surface area contributed by atoms with Crippen LogP contribution in [0.2, 0.25) is 0 Å². The molecule has 3 aliphatic rings. The van der Waals surface area contributed by atoms with Crippen molar-refractivity contribution in [2.45, 2.75) is 45.1 Å². The van der Waals surface area contributed by atoms with E-state index in [1.165, 1.54) is 33.1 Å². The van der Waals surface area contributed by atoms with Crippen LogP contribution in [0.4, 0.5) is 11.4 Å². The number of anilines is 2. The lowest BCUT2D eigenvalue weighted by Crippen LogP contribution is -2.14. The van der Waals surface area contributed by atoms with Gasteiger partial charge in [-0.15, -0.1) is 0 Å². The summed E-state index contributed by atoms with van der Waals surface area (Å²) in [7, 11) is 0. The SMILES string of the molecule is Cc1cc(N)c2c(c1)CC(CC1C[C@@H]1Cc1cc(N)c3c(c1Br)CCO3)O2. The van der Waals surface area contributed by atoms with Gasteiger partial charge >= 0.3 is 0 Å². The van der Waals surface area contributed by atoms with Crippen molar-refractivity contribution in [2.75, 3.05) is 18.1 Å². The van der Waals surface area contributed by atoms with Gasteiger partial charge in [0, 0.05) is 28.4 Å². The number of nitrogens with two attached hydrogens (primary N) is 2. The van der Waals surface area contributed by atoms with Gasteiger partial charge in [0.1, 0.15) is 17.6 Å². The molecule has 2 aliphatic heterocycles. The Morgan fingerprint density at radius 2 is 1.93 bits per heavy atom. The standard InChI is InChI=1S/C22H25BrN2O2/c1-11-4-15-9-16(27-21(15)18(24)5-11)8-13-6-12(13)7-14-10-19(25)22-17(20(14)23)2-3-26-22/h4-5,10,12-13,16H,2-3,6-9,24-25H2,1H3/t12-,13?,16?/m1/s1. The van der Waals surface area contributed by atoms with E-state index in [0.717, 1.165) is 61.1 Å². The Labute approximate surface area is 168 Å². The number of rotatable bonds is 4. The average molecular weight is 429 g/mol. The zero-order valence-corrected chi connectivity index (χ0v) is 17.1. The van der Waals surface area contributed by atoms with Crippen molar-refractivity contribution in [3.8, 4) is 11.5 Å². The molecule has 27 heavy (non-hydrogen) atoms. The van der Waals surface area contributed by atoms with Crippen molar-refractivity contribution in [1.29, 1.82) is 0 Å². The third-order valence-corrected chi connectivity index (χ3v) is 7.19. The van der Waals surface area contributed by atoms with Crippen LogP contribution in [-0.4, -0.2) is 12.7 Å². The van der Waals surface area contributed by atoms with Gasteiger partial charge in [0.15, 0.2) is 0 Å². The van der Waals surface area contributed by atoms with Crippen LogP contribution in [0, 0.1) is 18.8 Å². The smallest absolute Gasteiger partial charge is 0.146 e. The maximum absolute atomic E-state index is 6.20. The molecule has 4 nitrogen and oxygen atoms in total. The zero-order valence-electron chi connectivity index (χ0n) is 15.6. The predicted molar refractivity (Wildman–Crippen MR) is 111 cm³/mol. The number of hydrogen-bond acceptors (Lipinski definition) is 4. The Morgan fingerprint density at radius 1 is 1.11 bits per heavy atom. The summed E-state index contributed by atoms with van der Waals surface area (Å²) in [6, 6.07) is 6.30. The van der Waals surface area contributed by atoms with Crippen LogP contribution in [0.25, 0.3) is 0 Å². The topological polar surface area (TPSA) is 70.5 Å². The van der Waals surface area contributed by atoms with Crippen molar-refractivity contribution in [3.05, 3.63) is 44.9 Å². The fraction of sp³-hybridized carbons (Fsp3) is 0.455. The van der Waals surface area contributed by atoms with Crippen LogP contribution in [0.1, 0.15) is 35.1 Å². The van der Waals surface area contributed by atoms with Crippen molar-refractivity contribution < 1.29 is 9.47 Å². The summed E-state index contributed by atoms with van der Waals surface area (Å²) in [6.45, 7) is 2.82. The largest absolute Gasteiger partial charge is 0.491 e. The first-order valence-corrected chi connectivity index (χ1v) is 10.6. The van der Waals surface area contributed by atoms with E-state index in [2.05, 4.69) is 35.0 Å². The summed E-state index contributed by atoms with van der Waals surface area (Å²) >= 11 is 3.79. The first-order chi connectivity index (χ1) is 13.0. The van der Waals surface area contributed by atoms with E-state index in [9.17, 15) is 0 Å². The normalized spacial score (nSPS) is 24.9. The second-order valence-corrected chi connectivity index (χ2v) is 9.12. The summed E-state index contributed by atoms with van der Waals surface area (Å²) < 4.78 is 13.0.